The minimum atomic E-state index is -0.939. The number of nitriles is 3. The summed E-state index contributed by atoms with van der Waals surface area (Å²) in [6, 6.07) is 50.4. The molecule has 0 bridgehead atoms. The van der Waals surface area contributed by atoms with E-state index in [4.69, 9.17) is 41.8 Å². The van der Waals surface area contributed by atoms with Crippen molar-refractivity contribution in [1.82, 2.24) is 44.3 Å². The SMILES string of the molecule is CC(C)(C)OC(=O)C[C@H]1CCc2nc(N)sc2C1.CC(C)(C)OC(=O)C[C@H]1CCc2nc(NC(=O)c3cccc(Cn4cc(-c5ccc(C#N)cc5)cn4)c3)sc2C1.N#Cc1ccc(-c2cnn(Cc3cccc(C(=O)Nc4nc5c(s4)C[C@@H](N)CC5)c3)c2)cc1.N#Cc1ccc(-c2cnn(Cc3cccc(C(=O)O)c3)c2)cc1. The zero-order chi connectivity index (χ0) is 80.6. The molecule has 0 fully saturated rings. The number of nitrogens with zero attached hydrogens (tertiary/aromatic N) is 12. The van der Waals surface area contributed by atoms with Gasteiger partial charge in [-0.1, -0.05) is 72.8 Å². The second-order valence-corrected chi connectivity index (χ2v) is 33.4. The predicted molar refractivity (Wildman–Crippen MR) is 439 cm³/mol. The number of thiazole rings is 3. The highest BCUT2D eigenvalue weighted by molar-refractivity contribution is 7.16. The molecule has 6 heterocycles. The highest BCUT2D eigenvalue weighted by atomic mass is 32.1. The molecular formula is C87H86N16O8S3. The van der Waals surface area contributed by atoms with Gasteiger partial charge in [0.2, 0.25) is 0 Å². The zero-order valence-electron chi connectivity index (χ0n) is 64.0. The third-order valence-electron chi connectivity index (χ3n) is 18.8. The summed E-state index contributed by atoms with van der Waals surface area (Å²) in [4.78, 5) is 78.0. The summed E-state index contributed by atoms with van der Waals surface area (Å²) in [6.07, 6.45) is 19.9. The van der Waals surface area contributed by atoms with Gasteiger partial charge in [-0.2, -0.15) is 31.1 Å². The number of nitrogens with two attached hydrogens (primary N) is 2. The quantitative estimate of drug-likeness (QED) is 0.0498. The molecule has 0 aliphatic heterocycles. The molecule has 3 aliphatic carbocycles. The molecule has 3 aliphatic rings. The largest absolute Gasteiger partial charge is 0.478 e. The second kappa shape index (κ2) is 36.7. The molecule has 580 valence electrons. The van der Waals surface area contributed by atoms with E-state index in [1.165, 1.54) is 32.4 Å². The van der Waals surface area contributed by atoms with Gasteiger partial charge >= 0.3 is 17.9 Å². The van der Waals surface area contributed by atoms with Crippen LogP contribution in [0.25, 0.3) is 33.4 Å². The van der Waals surface area contributed by atoms with E-state index in [0.29, 0.717) is 81.6 Å². The van der Waals surface area contributed by atoms with Crippen molar-refractivity contribution in [3.05, 3.63) is 265 Å². The number of carboxylic acids is 1. The fraction of sp³-hybridized carbons (Fsp3) is 0.287. The van der Waals surface area contributed by atoms with Crippen molar-refractivity contribution in [2.24, 2.45) is 17.6 Å². The van der Waals surface area contributed by atoms with Crippen LogP contribution in [0.5, 0.6) is 0 Å². The first-order valence-corrected chi connectivity index (χ1v) is 39.8. The summed E-state index contributed by atoms with van der Waals surface area (Å²) in [5.41, 5.74) is 26.0. The Morgan fingerprint density at radius 3 is 1.21 bits per heavy atom. The van der Waals surface area contributed by atoms with Crippen molar-refractivity contribution in [3.8, 4) is 51.6 Å². The lowest BCUT2D eigenvalue weighted by Gasteiger charge is -2.24. The summed E-state index contributed by atoms with van der Waals surface area (Å²) < 4.78 is 16.3. The normalized spacial score (nSPS) is 14.6. The highest BCUT2D eigenvalue weighted by Crippen LogP contribution is 2.37. The van der Waals surface area contributed by atoms with Crippen LogP contribution in [0.4, 0.5) is 15.4 Å². The molecule has 3 atom stereocenters. The summed E-state index contributed by atoms with van der Waals surface area (Å²) in [7, 11) is 0. The van der Waals surface area contributed by atoms with E-state index in [9.17, 15) is 24.0 Å². The first-order valence-electron chi connectivity index (χ1n) is 37.3. The van der Waals surface area contributed by atoms with Crippen LogP contribution in [0, 0.1) is 45.8 Å². The lowest BCUT2D eigenvalue weighted by molar-refractivity contribution is -0.157. The van der Waals surface area contributed by atoms with E-state index in [2.05, 4.69) is 59.1 Å². The van der Waals surface area contributed by atoms with Crippen LogP contribution in [-0.4, -0.2) is 96.4 Å². The molecule has 12 aromatic rings. The summed E-state index contributed by atoms with van der Waals surface area (Å²) in [6.45, 7) is 12.9. The zero-order valence-corrected chi connectivity index (χ0v) is 66.5. The molecule has 0 saturated heterocycles. The number of aromatic carboxylic acids is 1. The number of hydrogen-bond donors (Lipinski definition) is 5. The van der Waals surface area contributed by atoms with Crippen LogP contribution in [-0.2, 0) is 77.2 Å². The standard InChI is InChI=1S/C31H31N5O3S.C25H22N6OS.C18H13N3O2.C13H20N2O2S/c1-31(2,3)39-28(37)15-21-9-12-26-27(14-21)40-30(34-26)35-29(38)24-6-4-5-22(13-24)18-36-19-25(17-33-36)23-10-7-20(16-32)8-11-23;26-12-16-4-6-18(7-5-16)20-13-28-31(15-20)14-17-2-1-3-19(10-17)24(32)30-25-29-22-9-8-21(27)11-23(22)33-25;19-9-13-4-6-15(7-5-13)17-10-20-21(12-17)11-14-2-1-3-16(8-14)18(22)23;1-13(2,3)17-11(16)7-8-4-5-9-10(6-8)18-12(14)15-9/h4-8,10-11,13,17,19,21H,9,12,14-15,18H2,1-3H3,(H,34,35,38);1-7,10,13,15,21H,8-9,11,14,27H2,(H,29,30,32);1-8,10,12H,11H2,(H,22,23);8H,4-7H2,1-3H3,(H2,14,15)/t2*21-;;8-/m00.0/s1. The number of nitrogen functional groups attached to an aromatic ring is 1. The molecule has 2 amide bonds. The van der Waals surface area contributed by atoms with Gasteiger partial charge in [-0.3, -0.25) is 43.9 Å². The van der Waals surface area contributed by atoms with Gasteiger partial charge in [0.15, 0.2) is 15.4 Å². The Bertz CT molecular complexity index is 5560. The number of carboxylic acid groups (broad SMARTS) is 1. The number of anilines is 3. The van der Waals surface area contributed by atoms with E-state index < -0.39 is 17.2 Å². The number of aryl methyl sites for hydroxylation is 3. The molecule has 114 heavy (non-hydrogen) atoms. The monoisotopic (exact) mass is 1580 g/mol. The van der Waals surface area contributed by atoms with Gasteiger partial charge in [-0.05, 0) is 217 Å². The number of hydrogen-bond acceptors (Lipinski definition) is 21. The number of aromatic nitrogens is 9. The molecule has 0 spiro atoms. The van der Waals surface area contributed by atoms with Crippen molar-refractivity contribution in [2.45, 2.75) is 149 Å². The fourth-order valence-electron chi connectivity index (χ4n) is 13.3. The minimum absolute atomic E-state index is 0.103. The summed E-state index contributed by atoms with van der Waals surface area (Å²) >= 11 is 4.55. The maximum absolute atomic E-state index is 13.1. The van der Waals surface area contributed by atoms with Crippen molar-refractivity contribution >= 4 is 79.1 Å². The molecular weight excluding hydrogens is 1490 g/mol. The lowest BCUT2D eigenvalue weighted by atomic mass is 9.88. The van der Waals surface area contributed by atoms with Gasteiger partial charge < -0.3 is 26.0 Å². The van der Waals surface area contributed by atoms with Gasteiger partial charge in [0.05, 0.1) is 95.8 Å². The van der Waals surface area contributed by atoms with Gasteiger partial charge in [-0.15, -0.1) is 34.0 Å². The Hall–Kier alpha value is -12.6. The van der Waals surface area contributed by atoms with Crippen molar-refractivity contribution in [2.75, 3.05) is 16.4 Å². The third kappa shape index (κ3) is 22.8. The molecule has 7 N–H and O–H groups in total. The lowest BCUT2D eigenvalue weighted by Crippen LogP contribution is -2.27. The van der Waals surface area contributed by atoms with E-state index >= 15 is 0 Å². The van der Waals surface area contributed by atoms with Gasteiger partial charge in [0.25, 0.3) is 11.8 Å². The number of amides is 2. The van der Waals surface area contributed by atoms with Crippen LogP contribution in [0.1, 0.15) is 170 Å². The second-order valence-electron chi connectivity index (χ2n) is 30.2. The first kappa shape index (κ1) is 80.9. The van der Waals surface area contributed by atoms with Crippen LogP contribution < -0.4 is 22.1 Å². The number of ether oxygens (including phenoxy) is 2. The predicted octanol–water partition coefficient (Wildman–Crippen LogP) is 15.7. The Balaban J connectivity index is 0.000000147. The minimum Gasteiger partial charge on any atom is -0.478 e. The number of benzene rings is 6. The number of carbonyl (C=O) groups excluding carboxylic acids is 4. The fourth-order valence-corrected chi connectivity index (χ4v) is 16.5. The number of rotatable bonds is 18. The maximum Gasteiger partial charge on any atom is 0.335 e. The van der Waals surface area contributed by atoms with Crippen molar-refractivity contribution in [1.29, 1.82) is 15.8 Å². The Labute approximate surface area is 672 Å². The average Bonchev–Trinajstić information content (AvgIpc) is 1.66. The van der Waals surface area contributed by atoms with E-state index in [1.54, 1.807) is 101 Å². The van der Waals surface area contributed by atoms with Crippen LogP contribution in [0.3, 0.4) is 0 Å². The number of carbonyl (C=O) groups is 5. The number of esters is 2. The van der Waals surface area contributed by atoms with E-state index in [0.717, 1.165) is 130 Å². The summed E-state index contributed by atoms with van der Waals surface area (Å²) in [5, 5.41) is 56.8. The molecule has 6 aromatic heterocycles. The van der Waals surface area contributed by atoms with Crippen molar-refractivity contribution in [3.63, 3.8) is 0 Å². The first-order chi connectivity index (χ1) is 54.7. The maximum atomic E-state index is 13.1. The Morgan fingerprint density at radius 2 is 0.833 bits per heavy atom. The number of nitrogens with one attached hydrogen (secondary N) is 2. The Morgan fingerprint density at radius 1 is 0.482 bits per heavy atom. The summed E-state index contributed by atoms with van der Waals surface area (Å²) in [5.74, 6) is -1.00. The molecule has 24 nitrogen and oxygen atoms in total. The highest BCUT2D eigenvalue weighted by Gasteiger charge is 2.30. The molecule has 0 radical (unpaired) electrons. The van der Waals surface area contributed by atoms with Crippen LogP contribution in [0.2, 0.25) is 0 Å². The van der Waals surface area contributed by atoms with Crippen molar-refractivity contribution < 1.29 is 38.6 Å². The molecule has 15 rings (SSSR count). The molecule has 6 aromatic carbocycles. The molecule has 0 saturated carbocycles. The van der Waals surface area contributed by atoms with Gasteiger partial charge in [0, 0.05) is 79.9 Å². The molecule has 27 heteroatoms. The third-order valence-corrected chi connectivity index (χ3v) is 21.8. The number of fused-ring (bicyclic) bond motifs is 3. The van der Waals surface area contributed by atoms with E-state index in [-0.39, 0.29) is 41.3 Å². The average molecular weight is 1580 g/mol. The topological polar surface area (TPSA) is 364 Å². The molecule has 0 unspecified atom stereocenters. The van der Waals surface area contributed by atoms with Crippen LogP contribution >= 0.6 is 34.0 Å². The van der Waals surface area contributed by atoms with Crippen LogP contribution in [0.15, 0.2) is 183 Å². The van der Waals surface area contributed by atoms with Gasteiger partial charge in [0.1, 0.15) is 11.2 Å². The van der Waals surface area contributed by atoms with Gasteiger partial charge in [-0.25, -0.2) is 19.7 Å². The smallest absolute Gasteiger partial charge is 0.335 e. The van der Waals surface area contributed by atoms with E-state index in [1.807, 2.05) is 148 Å². The Kier molecular flexibility index (Phi) is 26.1.